The zero-order valence-electron chi connectivity index (χ0n) is 15.6. The molecule has 1 heterocycles. The van der Waals surface area contributed by atoms with E-state index in [-0.39, 0.29) is 18.8 Å². The van der Waals surface area contributed by atoms with E-state index >= 15 is 0 Å². The molecule has 0 amide bonds. The van der Waals surface area contributed by atoms with Crippen LogP contribution in [0.1, 0.15) is 22.7 Å². The van der Waals surface area contributed by atoms with Crippen LogP contribution in [0.5, 0.6) is 11.5 Å². The summed E-state index contributed by atoms with van der Waals surface area (Å²) in [6.07, 6.45) is -0.271. The lowest BCUT2D eigenvalue weighted by Crippen LogP contribution is -2.46. The fourth-order valence-corrected chi connectivity index (χ4v) is 3.51. The predicted molar refractivity (Wildman–Crippen MR) is 101 cm³/mol. The Balaban J connectivity index is 1.91. The van der Waals surface area contributed by atoms with Crippen molar-refractivity contribution in [3.63, 3.8) is 0 Å². The van der Waals surface area contributed by atoms with Gasteiger partial charge in [-0.2, -0.15) is 0 Å². The number of benzene rings is 2. The fraction of sp³-hybridized carbons (Fsp3) is 0.429. The third-order valence-corrected chi connectivity index (χ3v) is 4.89. The van der Waals surface area contributed by atoms with Crippen molar-refractivity contribution in [3.8, 4) is 11.5 Å². The molecule has 26 heavy (non-hydrogen) atoms. The van der Waals surface area contributed by atoms with Crippen LogP contribution in [0.15, 0.2) is 42.5 Å². The molecule has 0 saturated carbocycles. The molecule has 1 saturated heterocycles. The number of aliphatic hydroxyl groups excluding tert-OH is 1. The van der Waals surface area contributed by atoms with Gasteiger partial charge < -0.3 is 19.3 Å². The molecule has 1 aliphatic heterocycles. The van der Waals surface area contributed by atoms with E-state index in [4.69, 9.17) is 14.2 Å². The Labute approximate surface area is 155 Å². The first-order valence-corrected chi connectivity index (χ1v) is 8.90. The van der Waals surface area contributed by atoms with E-state index in [0.717, 1.165) is 18.7 Å². The minimum atomic E-state index is -0.271. The first-order valence-electron chi connectivity index (χ1n) is 8.90. The third-order valence-electron chi connectivity index (χ3n) is 4.89. The highest BCUT2D eigenvalue weighted by Gasteiger charge is 2.33. The van der Waals surface area contributed by atoms with Crippen LogP contribution >= 0.6 is 0 Å². The Kier molecular flexibility index (Phi) is 6.14. The van der Waals surface area contributed by atoms with Crippen LogP contribution in [-0.4, -0.2) is 50.1 Å². The van der Waals surface area contributed by atoms with Gasteiger partial charge in [0.05, 0.1) is 33.5 Å². The normalized spacial score (nSPS) is 20.8. The van der Waals surface area contributed by atoms with Crippen LogP contribution in [0.4, 0.5) is 0 Å². The second kappa shape index (κ2) is 8.54. The molecule has 2 aromatic carbocycles. The average Bonchev–Trinajstić information content (AvgIpc) is 2.69. The van der Waals surface area contributed by atoms with Crippen LogP contribution in [-0.2, 0) is 11.3 Å². The SMILES string of the molecule is COc1ccc([C@@H]2[C@@H](CO)OCCN2Cc2ccc(C)cc2)cc1OC. The lowest BCUT2D eigenvalue weighted by Gasteiger charge is -2.41. The fourth-order valence-electron chi connectivity index (χ4n) is 3.51. The lowest BCUT2D eigenvalue weighted by atomic mass is 9.97. The molecule has 2 aromatic rings. The molecule has 1 N–H and O–H groups in total. The number of hydrogen-bond acceptors (Lipinski definition) is 5. The summed E-state index contributed by atoms with van der Waals surface area (Å²) in [5, 5.41) is 9.86. The summed E-state index contributed by atoms with van der Waals surface area (Å²) < 4.78 is 16.7. The van der Waals surface area contributed by atoms with Crippen LogP contribution < -0.4 is 9.47 Å². The highest BCUT2D eigenvalue weighted by atomic mass is 16.5. The van der Waals surface area contributed by atoms with Crippen molar-refractivity contribution < 1.29 is 19.3 Å². The van der Waals surface area contributed by atoms with Gasteiger partial charge in [-0.05, 0) is 30.2 Å². The molecular formula is C21H27NO4. The molecule has 0 unspecified atom stereocenters. The summed E-state index contributed by atoms with van der Waals surface area (Å²) >= 11 is 0. The molecule has 140 valence electrons. The van der Waals surface area contributed by atoms with E-state index in [0.29, 0.717) is 18.1 Å². The number of aryl methyl sites for hydroxylation is 1. The Hall–Kier alpha value is -2.08. The maximum atomic E-state index is 9.86. The predicted octanol–water partition coefficient (Wildman–Crippen LogP) is 2.95. The maximum Gasteiger partial charge on any atom is 0.161 e. The Morgan fingerprint density at radius 1 is 1.08 bits per heavy atom. The van der Waals surface area contributed by atoms with E-state index in [9.17, 15) is 5.11 Å². The van der Waals surface area contributed by atoms with Gasteiger partial charge in [-0.25, -0.2) is 0 Å². The van der Waals surface area contributed by atoms with Gasteiger partial charge in [-0.3, -0.25) is 4.90 Å². The Bertz CT molecular complexity index is 716. The molecule has 5 nitrogen and oxygen atoms in total. The molecular weight excluding hydrogens is 330 g/mol. The van der Waals surface area contributed by atoms with Gasteiger partial charge in [0, 0.05) is 13.1 Å². The summed E-state index contributed by atoms with van der Waals surface area (Å²) in [5.74, 6) is 1.38. The van der Waals surface area contributed by atoms with E-state index < -0.39 is 0 Å². The van der Waals surface area contributed by atoms with Gasteiger partial charge in [-0.15, -0.1) is 0 Å². The summed E-state index contributed by atoms with van der Waals surface area (Å²) in [4.78, 5) is 2.36. The minimum Gasteiger partial charge on any atom is -0.493 e. The molecule has 2 atom stereocenters. The van der Waals surface area contributed by atoms with E-state index in [1.54, 1.807) is 14.2 Å². The molecule has 1 fully saturated rings. The molecule has 3 rings (SSSR count). The Morgan fingerprint density at radius 3 is 2.46 bits per heavy atom. The molecule has 0 spiro atoms. The van der Waals surface area contributed by atoms with Gasteiger partial charge in [-0.1, -0.05) is 35.9 Å². The summed E-state index contributed by atoms with van der Waals surface area (Å²) in [5.41, 5.74) is 3.55. The molecule has 0 aliphatic carbocycles. The van der Waals surface area contributed by atoms with Crippen molar-refractivity contribution in [3.05, 3.63) is 59.2 Å². The number of hydrogen-bond donors (Lipinski definition) is 1. The first-order chi connectivity index (χ1) is 12.7. The zero-order chi connectivity index (χ0) is 18.5. The van der Waals surface area contributed by atoms with Gasteiger partial charge in [0.25, 0.3) is 0 Å². The average molecular weight is 357 g/mol. The highest BCUT2D eigenvalue weighted by molar-refractivity contribution is 5.44. The monoisotopic (exact) mass is 357 g/mol. The van der Waals surface area contributed by atoms with Crippen LogP contribution in [0, 0.1) is 6.92 Å². The molecule has 5 heteroatoms. The third kappa shape index (κ3) is 4.01. The van der Waals surface area contributed by atoms with Crippen molar-refractivity contribution in [1.82, 2.24) is 4.90 Å². The van der Waals surface area contributed by atoms with Crippen molar-refractivity contribution in [2.45, 2.75) is 25.6 Å². The van der Waals surface area contributed by atoms with Gasteiger partial charge in [0.1, 0.15) is 6.10 Å². The van der Waals surface area contributed by atoms with E-state index in [1.807, 2.05) is 18.2 Å². The lowest BCUT2D eigenvalue weighted by molar-refractivity contribution is -0.0961. The van der Waals surface area contributed by atoms with Crippen molar-refractivity contribution in [2.24, 2.45) is 0 Å². The topological polar surface area (TPSA) is 51.2 Å². The number of methoxy groups -OCH3 is 2. The largest absolute Gasteiger partial charge is 0.493 e. The van der Waals surface area contributed by atoms with Crippen LogP contribution in [0.25, 0.3) is 0 Å². The number of rotatable bonds is 6. The second-order valence-corrected chi connectivity index (χ2v) is 6.61. The quantitative estimate of drug-likeness (QED) is 0.861. The van der Waals surface area contributed by atoms with E-state index in [1.165, 1.54) is 11.1 Å². The Morgan fingerprint density at radius 2 is 1.81 bits per heavy atom. The zero-order valence-corrected chi connectivity index (χ0v) is 15.6. The second-order valence-electron chi connectivity index (χ2n) is 6.61. The van der Waals surface area contributed by atoms with Crippen molar-refractivity contribution in [2.75, 3.05) is 34.0 Å². The first kappa shape index (κ1) is 18.7. The summed E-state index contributed by atoms with van der Waals surface area (Å²) in [6, 6.07) is 14.4. The highest BCUT2D eigenvalue weighted by Crippen LogP contribution is 2.36. The summed E-state index contributed by atoms with van der Waals surface area (Å²) in [6.45, 7) is 4.29. The molecule has 1 aliphatic rings. The van der Waals surface area contributed by atoms with Crippen molar-refractivity contribution >= 4 is 0 Å². The number of nitrogens with zero attached hydrogens (tertiary/aromatic N) is 1. The van der Waals surface area contributed by atoms with Crippen molar-refractivity contribution in [1.29, 1.82) is 0 Å². The number of ether oxygens (including phenoxy) is 3. The number of morpholine rings is 1. The molecule has 0 aromatic heterocycles. The minimum absolute atomic E-state index is 0.0244. The number of aliphatic hydroxyl groups is 1. The van der Waals surface area contributed by atoms with Gasteiger partial charge in [0.2, 0.25) is 0 Å². The smallest absolute Gasteiger partial charge is 0.161 e. The molecule has 0 bridgehead atoms. The standard InChI is InChI=1S/C21H27NO4/c1-15-4-6-16(7-5-15)13-22-10-11-26-20(14-23)21(22)17-8-9-18(24-2)19(12-17)25-3/h4-9,12,20-21,23H,10-11,13-14H2,1-3H3/t20-,21-/m1/s1. The van der Waals surface area contributed by atoms with Crippen LogP contribution in [0.2, 0.25) is 0 Å². The van der Waals surface area contributed by atoms with Gasteiger partial charge >= 0.3 is 0 Å². The van der Waals surface area contributed by atoms with Gasteiger partial charge in [0.15, 0.2) is 11.5 Å². The molecule has 0 radical (unpaired) electrons. The van der Waals surface area contributed by atoms with E-state index in [2.05, 4.69) is 36.1 Å². The maximum absolute atomic E-state index is 9.86. The van der Waals surface area contributed by atoms with Crippen LogP contribution in [0.3, 0.4) is 0 Å². The summed E-state index contributed by atoms with van der Waals surface area (Å²) in [7, 11) is 3.26.